The Bertz CT molecular complexity index is 78.9. The van der Waals surface area contributed by atoms with Gasteiger partial charge in [-0.05, 0) is 0 Å². The number of halogens is 1. The van der Waals surface area contributed by atoms with E-state index in [1.54, 1.807) is 0 Å². The van der Waals surface area contributed by atoms with Crippen molar-refractivity contribution in [2.45, 2.75) is 0 Å². The predicted octanol–water partition coefficient (Wildman–Crippen LogP) is 1.20. The zero-order valence-electron chi connectivity index (χ0n) is 3.06. The minimum atomic E-state index is 0.220. The van der Waals surface area contributed by atoms with Gasteiger partial charge in [0.05, 0.1) is 11.2 Å². The largest absolute Gasteiger partial charge is 0.411 e. The average molecular weight is 106 g/mol. The number of allylic oxidation sites excluding steroid dienone is 1. The zero-order chi connectivity index (χ0) is 4.99. The van der Waals surface area contributed by atoms with Crippen LogP contribution in [0.1, 0.15) is 0 Å². The normalized spacial score (nSPS) is 9.50. The monoisotopic (exact) mass is 105 g/mol. The van der Waals surface area contributed by atoms with Crippen LogP contribution in [0.5, 0.6) is 0 Å². The predicted molar refractivity (Wildman–Crippen MR) is 25.3 cm³/mol. The van der Waals surface area contributed by atoms with E-state index in [-0.39, 0.29) is 5.03 Å². The summed E-state index contributed by atoms with van der Waals surface area (Å²) in [4.78, 5) is 0. The van der Waals surface area contributed by atoms with Gasteiger partial charge in [0.1, 0.15) is 0 Å². The fourth-order valence-corrected chi connectivity index (χ4v) is 0.106. The molecule has 1 N–H and O–H groups in total. The van der Waals surface area contributed by atoms with Gasteiger partial charge in [0, 0.05) is 0 Å². The van der Waals surface area contributed by atoms with Crippen LogP contribution >= 0.6 is 11.6 Å². The molecule has 6 heavy (non-hydrogen) atoms. The Kier molecular flexibility index (Phi) is 2.50. The van der Waals surface area contributed by atoms with E-state index in [1.165, 1.54) is 0 Å². The van der Waals surface area contributed by atoms with Crippen LogP contribution < -0.4 is 0 Å². The molecule has 0 aliphatic carbocycles. The van der Waals surface area contributed by atoms with Crippen LogP contribution in [0.25, 0.3) is 0 Å². The molecule has 0 fully saturated rings. The number of rotatable bonds is 1. The van der Waals surface area contributed by atoms with Crippen LogP contribution in [0.2, 0.25) is 0 Å². The van der Waals surface area contributed by atoms with Crippen molar-refractivity contribution in [2.24, 2.45) is 5.16 Å². The van der Waals surface area contributed by atoms with Gasteiger partial charge in [-0.15, -0.1) is 0 Å². The van der Waals surface area contributed by atoms with E-state index in [0.29, 0.717) is 0 Å². The number of hydrogen-bond donors (Lipinski definition) is 1. The highest BCUT2D eigenvalue weighted by Gasteiger charge is 1.70. The van der Waals surface area contributed by atoms with Crippen LogP contribution in [0.3, 0.4) is 0 Å². The highest BCUT2D eigenvalue weighted by Crippen LogP contribution is 1.87. The molecule has 0 spiro atoms. The molecule has 0 rings (SSSR count). The number of oxime groups is 1. The maximum Gasteiger partial charge on any atom is 0.0841 e. The zero-order valence-corrected chi connectivity index (χ0v) is 3.81. The summed E-state index contributed by atoms with van der Waals surface area (Å²) in [5, 5.41) is 10.5. The van der Waals surface area contributed by atoms with Crippen LogP contribution in [0.15, 0.2) is 16.8 Å². The lowest BCUT2D eigenvalue weighted by Gasteiger charge is -1.71. The highest BCUT2D eigenvalue weighted by atomic mass is 35.5. The SMILES string of the molecule is C=C(Cl)C=NO. The Balaban J connectivity index is 3.30. The van der Waals surface area contributed by atoms with E-state index in [9.17, 15) is 0 Å². The van der Waals surface area contributed by atoms with Gasteiger partial charge in [-0.2, -0.15) is 0 Å². The number of nitrogens with zero attached hydrogens (tertiary/aromatic N) is 1. The topological polar surface area (TPSA) is 32.6 Å². The van der Waals surface area contributed by atoms with Gasteiger partial charge in [-0.1, -0.05) is 23.3 Å². The fourth-order valence-electron chi connectivity index (χ4n) is 0.0626. The summed E-state index contributed by atoms with van der Waals surface area (Å²) < 4.78 is 0. The molecule has 0 aromatic carbocycles. The van der Waals surface area contributed by atoms with Gasteiger partial charge >= 0.3 is 0 Å². The molecule has 0 saturated heterocycles. The fraction of sp³-hybridized carbons (Fsp3) is 0. The van der Waals surface area contributed by atoms with Crippen molar-refractivity contribution >= 4 is 17.8 Å². The van der Waals surface area contributed by atoms with Crippen molar-refractivity contribution in [3.05, 3.63) is 11.6 Å². The van der Waals surface area contributed by atoms with Crippen LogP contribution in [0, 0.1) is 0 Å². The molecule has 0 aromatic heterocycles. The van der Waals surface area contributed by atoms with Crippen LogP contribution in [-0.2, 0) is 0 Å². The van der Waals surface area contributed by atoms with Gasteiger partial charge in [-0.3, -0.25) is 0 Å². The Morgan fingerprint density at radius 3 is 2.50 bits per heavy atom. The molecule has 2 nitrogen and oxygen atoms in total. The summed E-state index contributed by atoms with van der Waals surface area (Å²) in [5.41, 5.74) is 0. The minimum Gasteiger partial charge on any atom is -0.411 e. The lowest BCUT2D eigenvalue weighted by atomic mass is 10.7. The Morgan fingerprint density at radius 1 is 2.00 bits per heavy atom. The average Bonchev–Trinajstić information content (AvgIpc) is 1.35. The van der Waals surface area contributed by atoms with E-state index in [1.807, 2.05) is 0 Å². The highest BCUT2D eigenvalue weighted by molar-refractivity contribution is 6.38. The molecule has 0 heterocycles. The first-order chi connectivity index (χ1) is 2.77. The molecule has 0 amide bonds. The Morgan fingerprint density at radius 2 is 2.50 bits per heavy atom. The minimum absolute atomic E-state index is 0.220. The summed E-state index contributed by atoms with van der Waals surface area (Å²) in [7, 11) is 0. The van der Waals surface area contributed by atoms with Crippen molar-refractivity contribution in [2.75, 3.05) is 0 Å². The quantitative estimate of drug-likeness (QED) is 0.303. The molecule has 0 saturated carbocycles. The van der Waals surface area contributed by atoms with E-state index >= 15 is 0 Å². The van der Waals surface area contributed by atoms with Crippen molar-refractivity contribution in [1.29, 1.82) is 0 Å². The molecule has 0 aromatic rings. The molecule has 0 atom stereocenters. The standard InChI is InChI=1S/C3H4ClNO/c1-3(4)2-5-6/h2,6H,1H2. The van der Waals surface area contributed by atoms with Crippen LogP contribution in [0.4, 0.5) is 0 Å². The number of hydrogen-bond acceptors (Lipinski definition) is 2. The molecule has 0 aliphatic heterocycles. The summed E-state index contributed by atoms with van der Waals surface area (Å²) >= 11 is 5.07. The lowest BCUT2D eigenvalue weighted by molar-refractivity contribution is 0.322. The molecular formula is C3H4ClNO. The van der Waals surface area contributed by atoms with E-state index in [2.05, 4.69) is 11.7 Å². The smallest absolute Gasteiger partial charge is 0.0841 e. The summed E-state index contributed by atoms with van der Waals surface area (Å²) in [6.45, 7) is 3.20. The Hall–Kier alpha value is -0.500. The maximum atomic E-state index is 7.66. The Labute approximate surface area is 40.7 Å². The first-order valence-electron chi connectivity index (χ1n) is 1.29. The second-order valence-electron chi connectivity index (χ2n) is 0.691. The first kappa shape index (κ1) is 5.50. The van der Waals surface area contributed by atoms with Crippen molar-refractivity contribution in [3.63, 3.8) is 0 Å². The second-order valence-corrected chi connectivity index (χ2v) is 1.18. The molecule has 0 bridgehead atoms. The molecular weight excluding hydrogens is 101 g/mol. The van der Waals surface area contributed by atoms with Crippen molar-refractivity contribution < 1.29 is 5.21 Å². The lowest BCUT2D eigenvalue weighted by Crippen LogP contribution is -1.65. The van der Waals surface area contributed by atoms with E-state index in [4.69, 9.17) is 16.8 Å². The van der Waals surface area contributed by atoms with Crippen molar-refractivity contribution in [1.82, 2.24) is 0 Å². The third-order valence-corrected chi connectivity index (χ3v) is 0.295. The summed E-state index contributed by atoms with van der Waals surface area (Å²) in [5.74, 6) is 0. The summed E-state index contributed by atoms with van der Waals surface area (Å²) in [6.07, 6.45) is 1.04. The summed E-state index contributed by atoms with van der Waals surface area (Å²) in [6, 6.07) is 0. The maximum absolute atomic E-state index is 7.66. The van der Waals surface area contributed by atoms with Gasteiger partial charge < -0.3 is 5.21 Å². The van der Waals surface area contributed by atoms with Crippen molar-refractivity contribution in [3.8, 4) is 0 Å². The second kappa shape index (κ2) is 2.72. The molecule has 3 heteroatoms. The van der Waals surface area contributed by atoms with Gasteiger partial charge in [0.2, 0.25) is 0 Å². The first-order valence-corrected chi connectivity index (χ1v) is 1.67. The molecule has 34 valence electrons. The van der Waals surface area contributed by atoms with E-state index in [0.717, 1.165) is 6.21 Å². The van der Waals surface area contributed by atoms with Gasteiger partial charge in [0.15, 0.2) is 0 Å². The van der Waals surface area contributed by atoms with Gasteiger partial charge in [0.25, 0.3) is 0 Å². The van der Waals surface area contributed by atoms with Crippen LogP contribution in [-0.4, -0.2) is 11.4 Å². The van der Waals surface area contributed by atoms with Gasteiger partial charge in [-0.25, -0.2) is 0 Å². The molecule has 0 unspecified atom stereocenters. The third kappa shape index (κ3) is 3.50. The molecule has 0 radical (unpaired) electrons. The van der Waals surface area contributed by atoms with E-state index < -0.39 is 0 Å². The third-order valence-electron chi connectivity index (χ3n) is 0.198. The molecule has 0 aliphatic rings.